The lowest BCUT2D eigenvalue weighted by Crippen LogP contribution is -2.26. The first-order chi connectivity index (χ1) is 7.46. The summed E-state index contributed by atoms with van der Waals surface area (Å²) in [7, 11) is -1.90. The monoisotopic (exact) mass is 310 g/mol. The highest BCUT2D eigenvalue weighted by molar-refractivity contribution is 9.10. The molecule has 0 bridgehead atoms. The lowest BCUT2D eigenvalue weighted by Gasteiger charge is -2.06. The zero-order valence-electron chi connectivity index (χ0n) is 8.45. The van der Waals surface area contributed by atoms with E-state index in [2.05, 4.69) is 36.2 Å². The summed E-state index contributed by atoms with van der Waals surface area (Å²) in [5, 5.41) is 8.62. The molecular formula is C7H11BrN4O3S. The highest BCUT2D eigenvalue weighted by Crippen LogP contribution is 2.14. The van der Waals surface area contributed by atoms with Crippen LogP contribution in [0.3, 0.4) is 0 Å². The molecule has 0 saturated heterocycles. The second-order valence-corrected chi connectivity index (χ2v) is 5.72. The van der Waals surface area contributed by atoms with Crippen LogP contribution in [0.5, 0.6) is 0 Å². The summed E-state index contributed by atoms with van der Waals surface area (Å²) in [4.78, 5) is 11.1. The molecule has 90 valence electrons. The SMILES string of the molecule is CNS(=O)(=O)CCNc1cn[nH]c(=O)c1Br. The van der Waals surface area contributed by atoms with E-state index in [1.54, 1.807) is 0 Å². The molecule has 0 spiro atoms. The summed E-state index contributed by atoms with van der Waals surface area (Å²) in [6.07, 6.45) is 1.40. The molecule has 1 heterocycles. The van der Waals surface area contributed by atoms with Gasteiger partial charge in [-0.1, -0.05) is 0 Å². The van der Waals surface area contributed by atoms with E-state index in [4.69, 9.17) is 0 Å². The van der Waals surface area contributed by atoms with Crippen LogP contribution in [0, 0.1) is 0 Å². The third-order valence-electron chi connectivity index (χ3n) is 1.79. The molecule has 3 N–H and O–H groups in total. The summed E-state index contributed by atoms with van der Waals surface area (Å²) in [6.45, 7) is 0.187. The van der Waals surface area contributed by atoms with Crippen molar-refractivity contribution >= 4 is 31.6 Å². The number of aromatic amines is 1. The van der Waals surface area contributed by atoms with Crippen LogP contribution < -0.4 is 15.6 Å². The van der Waals surface area contributed by atoms with Crippen molar-refractivity contribution in [1.82, 2.24) is 14.9 Å². The molecule has 1 aromatic heterocycles. The molecule has 1 rings (SSSR count). The Morgan fingerprint density at radius 1 is 1.56 bits per heavy atom. The molecule has 7 nitrogen and oxygen atoms in total. The molecule has 0 aromatic carbocycles. The fourth-order valence-corrected chi connectivity index (χ4v) is 1.84. The maximum atomic E-state index is 11.1. The molecule has 0 unspecified atom stereocenters. The van der Waals surface area contributed by atoms with Crippen LogP contribution in [0.4, 0.5) is 5.69 Å². The molecule has 1 aromatic rings. The van der Waals surface area contributed by atoms with Gasteiger partial charge in [-0.05, 0) is 23.0 Å². The first-order valence-electron chi connectivity index (χ1n) is 4.34. The molecule has 16 heavy (non-hydrogen) atoms. The molecule has 9 heteroatoms. The number of rotatable bonds is 5. The first kappa shape index (κ1) is 13.1. The smallest absolute Gasteiger partial charge is 0.280 e. The second kappa shape index (κ2) is 5.41. The highest BCUT2D eigenvalue weighted by Gasteiger charge is 2.08. The van der Waals surface area contributed by atoms with Gasteiger partial charge in [-0.3, -0.25) is 4.79 Å². The minimum atomic E-state index is -3.25. The predicted octanol–water partition coefficient (Wildman–Crippen LogP) is -0.507. The van der Waals surface area contributed by atoms with Crippen LogP contribution in [0.1, 0.15) is 0 Å². The van der Waals surface area contributed by atoms with Crippen molar-refractivity contribution in [2.45, 2.75) is 0 Å². The standard InChI is InChI=1S/C7H11BrN4O3S/c1-9-16(14,15)3-2-10-5-4-11-12-7(13)6(5)8/h4,9H,2-3H2,1H3,(H2,10,12,13). The number of nitrogens with one attached hydrogen (secondary N) is 3. The molecule has 0 fully saturated rings. The van der Waals surface area contributed by atoms with Gasteiger partial charge in [0, 0.05) is 6.54 Å². The van der Waals surface area contributed by atoms with Crippen LogP contribution in [-0.2, 0) is 10.0 Å². The van der Waals surface area contributed by atoms with E-state index in [0.717, 1.165) is 0 Å². The zero-order valence-corrected chi connectivity index (χ0v) is 10.9. The second-order valence-electron chi connectivity index (χ2n) is 2.88. The molecule has 0 atom stereocenters. The lowest BCUT2D eigenvalue weighted by molar-refractivity contribution is 0.588. The summed E-state index contributed by atoms with van der Waals surface area (Å²) >= 11 is 3.07. The van der Waals surface area contributed by atoms with Crippen LogP contribution in [0.15, 0.2) is 15.5 Å². The minimum Gasteiger partial charge on any atom is -0.382 e. The highest BCUT2D eigenvalue weighted by atomic mass is 79.9. The number of aromatic nitrogens is 2. The van der Waals surface area contributed by atoms with Crippen molar-refractivity contribution in [2.24, 2.45) is 0 Å². The van der Waals surface area contributed by atoms with Crippen molar-refractivity contribution in [3.8, 4) is 0 Å². The van der Waals surface area contributed by atoms with Crippen LogP contribution >= 0.6 is 15.9 Å². The topological polar surface area (TPSA) is 104 Å². The van der Waals surface area contributed by atoms with E-state index in [1.807, 2.05) is 0 Å². The summed E-state index contributed by atoms with van der Waals surface area (Å²) in [6, 6.07) is 0. The van der Waals surface area contributed by atoms with Crippen molar-refractivity contribution < 1.29 is 8.42 Å². The van der Waals surface area contributed by atoms with E-state index in [-0.39, 0.29) is 17.9 Å². The number of halogens is 1. The average molecular weight is 311 g/mol. The molecule has 0 saturated carbocycles. The lowest BCUT2D eigenvalue weighted by atomic mass is 10.4. The van der Waals surface area contributed by atoms with Gasteiger partial charge in [0.1, 0.15) is 4.47 Å². The molecule has 0 aliphatic heterocycles. The number of sulfonamides is 1. The van der Waals surface area contributed by atoms with Crippen LogP contribution in [0.2, 0.25) is 0 Å². The Balaban J connectivity index is 2.63. The fraction of sp³-hybridized carbons (Fsp3) is 0.429. The largest absolute Gasteiger partial charge is 0.382 e. The van der Waals surface area contributed by atoms with E-state index in [0.29, 0.717) is 10.2 Å². The van der Waals surface area contributed by atoms with Gasteiger partial charge in [-0.2, -0.15) is 5.10 Å². The minimum absolute atomic E-state index is 0.0806. The predicted molar refractivity (Wildman–Crippen MR) is 63.9 cm³/mol. The fourth-order valence-electron chi connectivity index (χ4n) is 0.929. The van der Waals surface area contributed by atoms with Crippen molar-refractivity contribution in [3.05, 3.63) is 21.0 Å². The molecule has 0 amide bonds. The molecule has 0 aliphatic carbocycles. The van der Waals surface area contributed by atoms with E-state index in [1.165, 1.54) is 13.2 Å². The van der Waals surface area contributed by atoms with Crippen LogP contribution in [-0.4, -0.2) is 38.0 Å². The van der Waals surface area contributed by atoms with Crippen molar-refractivity contribution in [1.29, 1.82) is 0 Å². The van der Waals surface area contributed by atoms with Gasteiger partial charge in [-0.15, -0.1) is 0 Å². The van der Waals surface area contributed by atoms with E-state index >= 15 is 0 Å². The van der Waals surface area contributed by atoms with Gasteiger partial charge < -0.3 is 5.32 Å². The van der Waals surface area contributed by atoms with Gasteiger partial charge in [0.2, 0.25) is 10.0 Å². The van der Waals surface area contributed by atoms with Gasteiger partial charge >= 0.3 is 0 Å². The van der Waals surface area contributed by atoms with Crippen molar-refractivity contribution in [3.63, 3.8) is 0 Å². The third kappa shape index (κ3) is 3.58. The quantitative estimate of drug-likeness (QED) is 0.680. The van der Waals surface area contributed by atoms with E-state index in [9.17, 15) is 13.2 Å². The summed E-state index contributed by atoms with van der Waals surface area (Å²) < 4.78 is 24.7. The van der Waals surface area contributed by atoms with Gasteiger partial charge in [0.25, 0.3) is 5.56 Å². The molecule has 0 radical (unpaired) electrons. The normalized spacial score (nSPS) is 11.4. The average Bonchev–Trinajstić information content (AvgIpc) is 2.24. The maximum absolute atomic E-state index is 11.1. The Labute approximate surface area is 101 Å². The Hall–Kier alpha value is -0.930. The number of anilines is 1. The van der Waals surface area contributed by atoms with Gasteiger partial charge in [0.15, 0.2) is 0 Å². The number of H-pyrrole nitrogens is 1. The number of nitrogens with zero attached hydrogens (tertiary/aromatic N) is 1. The summed E-state index contributed by atoms with van der Waals surface area (Å²) in [5.74, 6) is -0.0806. The first-order valence-corrected chi connectivity index (χ1v) is 6.79. The van der Waals surface area contributed by atoms with E-state index < -0.39 is 10.0 Å². The van der Waals surface area contributed by atoms with Gasteiger partial charge in [0.05, 0.1) is 17.6 Å². The van der Waals surface area contributed by atoms with Crippen molar-refractivity contribution in [2.75, 3.05) is 24.7 Å². The Morgan fingerprint density at radius 2 is 2.25 bits per heavy atom. The third-order valence-corrected chi connectivity index (χ3v) is 3.94. The van der Waals surface area contributed by atoms with Crippen LogP contribution in [0.25, 0.3) is 0 Å². The Morgan fingerprint density at radius 3 is 2.88 bits per heavy atom. The Bertz CT molecular complexity index is 513. The molecule has 0 aliphatic rings. The van der Waals surface area contributed by atoms with Gasteiger partial charge in [-0.25, -0.2) is 18.2 Å². The maximum Gasteiger partial charge on any atom is 0.280 e. The summed E-state index contributed by atoms with van der Waals surface area (Å²) in [5.41, 5.74) is 0.0801. The molecular weight excluding hydrogens is 300 g/mol. The number of hydrogen-bond donors (Lipinski definition) is 3. The Kier molecular flexibility index (Phi) is 4.44. The zero-order chi connectivity index (χ0) is 12.2. The number of hydrogen-bond acceptors (Lipinski definition) is 5.